The molecule has 0 aliphatic carbocycles. The van der Waals surface area contributed by atoms with Gasteiger partial charge in [-0.3, -0.25) is 23.9 Å². The van der Waals surface area contributed by atoms with Crippen molar-refractivity contribution in [2.45, 2.75) is 53.5 Å². The van der Waals surface area contributed by atoms with Crippen LogP contribution in [0.1, 0.15) is 63.0 Å². The lowest BCUT2D eigenvalue weighted by Crippen LogP contribution is -2.38. The highest BCUT2D eigenvalue weighted by atomic mass is 16.5. The smallest absolute Gasteiger partial charge is 0.329 e. The minimum absolute atomic E-state index is 0.0190. The lowest BCUT2D eigenvalue weighted by atomic mass is 10.0. The van der Waals surface area contributed by atoms with Crippen LogP contribution < -0.4 is 11.2 Å². The molecule has 1 unspecified atom stereocenters. The number of pyridine rings is 1. The molecule has 0 aromatic carbocycles. The van der Waals surface area contributed by atoms with Crippen LogP contribution in [0.4, 0.5) is 0 Å². The number of hydrogen-bond donors (Lipinski definition) is 1. The topological polar surface area (TPSA) is 114 Å². The number of carbonyl (C=O) groups excluding carboxylic acids is 2. The van der Waals surface area contributed by atoms with E-state index in [2.05, 4.69) is 9.97 Å². The van der Waals surface area contributed by atoms with E-state index in [9.17, 15) is 19.2 Å². The summed E-state index contributed by atoms with van der Waals surface area (Å²) in [6, 6.07) is 1.61. The molecule has 2 aromatic rings. The molecule has 0 spiro atoms. The van der Waals surface area contributed by atoms with Gasteiger partial charge in [0.05, 0.1) is 24.0 Å². The number of fused-ring (bicyclic) bond motifs is 1. The molecule has 0 aliphatic rings. The zero-order valence-corrected chi connectivity index (χ0v) is 18.4. The second-order valence-corrected chi connectivity index (χ2v) is 7.63. The quantitative estimate of drug-likeness (QED) is 0.655. The van der Waals surface area contributed by atoms with E-state index in [4.69, 9.17) is 4.74 Å². The molecule has 0 fully saturated rings. The van der Waals surface area contributed by atoms with Crippen LogP contribution in [0, 0.1) is 5.92 Å². The fourth-order valence-corrected chi connectivity index (χ4v) is 3.32. The van der Waals surface area contributed by atoms with Gasteiger partial charge >= 0.3 is 11.7 Å². The Balaban J connectivity index is 2.73. The van der Waals surface area contributed by atoms with Crippen LogP contribution in [0.25, 0.3) is 11.0 Å². The number of aromatic nitrogens is 3. The Morgan fingerprint density at radius 1 is 1.23 bits per heavy atom. The van der Waals surface area contributed by atoms with E-state index in [1.807, 2.05) is 20.8 Å². The molecular weight excluding hydrogens is 388 g/mol. The van der Waals surface area contributed by atoms with Crippen LogP contribution in [-0.4, -0.2) is 51.5 Å². The third-order valence-corrected chi connectivity index (χ3v) is 5.00. The first-order chi connectivity index (χ1) is 14.2. The second kappa shape index (κ2) is 9.69. The van der Waals surface area contributed by atoms with Crippen LogP contribution in [0.3, 0.4) is 0 Å². The highest BCUT2D eigenvalue weighted by Gasteiger charge is 2.26. The van der Waals surface area contributed by atoms with E-state index >= 15 is 0 Å². The molecule has 0 radical (unpaired) electrons. The van der Waals surface area contributed by atoms with Crippen molar-refractivity contribution in [2.24, 2.45) is 5.92 Å². The van der Waals surface area contributed by atoms with Gasteiger partial charge in [-0.25, -0.2) is 9.78 Å². The summed E-state index contributed by atoms with van der Waals surface area (Å²) in [5.41, 5.74) is -0.206. The average Bonchev–Trinajstić information content (AvgIpc) is 2.72. The molecule has 1 atom stereocenters. The minimum Gasteiger partial charge on any atom is -0.469 e. The van der Waals surface area contributed by atoms with E-state index in [0.29, 0.717) is 25.2 Å². The Morgan fingerprint density at radius 2 is 1.90 bits per heavy atom. The SMILES string of the molecule is CCCn1c(=O)[nH]c(=O)c2c(C(=O)N(CC)CC(C)C(=O)OC)cc(C(C)C)nc21. The summed E-state index contributed by atoms with van der Waals surface area (Å²) in [5.74, 6) is -1.35. The van der Waals surface area contributed by atoms with Crippen LogP contribution in [0.2, 0.25) is 0 Å². The first kappa shape index (κ1) is 23.3. The largest absolute Gasteiger partial charge is 0.469 e. The van der Waals surface area contributed by atoms with Crippen molar-refractivity contribution in [3.63, 3.8) is 0 Å². The van der Waals surface area contributed by atoms with E-state index < -0.39 is 29.0 Å². The van der Waals surface area contributed by atoms with E-state index in [1.165, 1.54) is 16.6 Å². The summed E-state index contributed by atoms with van der Waals surface area (Å²) in [6.45, 7) is 10.1. The van der Waals surface area contributed by atoms with Gasteiger partial charge in [-0.05, 0) is 25.3 Å². The number of nitrogens with one attached hydrogen (secondary N) is 1. The van der Waals surface area contributed by atoms with Gasteiger partial charge < -0.3 is 9.64 Å². The van der Waals surface area contributed by atoms with Gasteiger partial charge in [0.15, 0.2) is 5.65 Å². The van der Waals surface area contributed by atoms with Gasteiger partial charge in [0.25, 0.3) is 11.5 Å². The predicted molar refractivity (Wildman–Crippen MR) is 114 cm³/mol. The lowest BCUT2D eigenvalue weighted by molar-refractivity contribution is -0.145. The number of nitrogens with zero attached hydrogens (tertiary/aromatic N) is 3. The molecule has 9 nitrogen and oxygen atoms in total. The number of methoxy groups -OCH3 is 1. The number of rotatable bonds is 8. The van der Waals surface area contributed by atoms with Gasteiger partial charge in [-0.1, -0.05) is 27.7 Å². The van der Waals surface area contributed by atoms with Gasteiger partial charge in [0, 0.05) is 25.3 Å². The molecule has 0 saturated carbocycles. The van der Waals surface area contributed by atoms with E-state index in [1.54, 1.807) is 19.9 Å². The van der Waals surface area contributed by atoms with Crippen LogP contribution >= 0.6 is 0 Å². The maximum Gasteiger partial charge on any atom is 0.329 e. The van der Waals surface area contributed by atoms with Crippen molar-refractivity contribution in [2.75, 3.05) is 20.2 Å². The lowest BCUT2D eigenvalue weighted by Gasteiger charge is -2.24. The third kappa shape index (κ3) is 4.60. The van der Waals surface area contributed by atoms with Crippen molar-refractivity contribution in [1.29, 1.82) is 0 Å². The third-order valence-electron chi connectivity index (χ3n) is 5.00. The number of aryl methyl sites for hydroxylation is 1. The van der Waals surface area contributed by atoms with Crippen LogP contribution in [-0.2, 0) is 16.1 Å². The fraction of sp³-hybridized carbons (Fsp3) is 0.571. The molecule has 9 heteroatoms. The molecule has 1 N–H and O–H groups in total. The summed E-state index contributed by atoms with van der Waals surface area (Å²) in [7, 11) is 1.30. The number of hydrogen-bond acceptors (Lipinski definition) is 6. The molecule has 30 heavy (non-hydrogen) atoms. The fourth-order valence-electron chi connectivity index (χ4n) is 3.32. The van der Waals surface area contributed by atoms with Crippen molar-refractivity contribution >= 4 is 22.9 Å². The van der Waals surface area contributed by atoms with Crippen molar-refractivity contribution < 1.29 is 14.3 Å². The van der Waals surface area contributed by atoms with E-state index in [-0.39, 0.29) is 29.1 Å². The summed E-state index contributed by atoms with van der Waals surface area (Å²) < 4.78 is 6.15. The first-order valence-corrected chi connectivity index (χ1v) is 10.2. The van der Waals surface area contributed by atoms with Crippen LogP contribution in [0.15, 0.2) is 15.7 Å². The Kier molecular flexibility index (Phi) is 7.53. The summed E-state index contributed by atoms with van der Waals surface area (Å²) in [5, 5.41) is 0.0848. The van der Waals surface area contributed by atoms with Gasteiger partial charge in [0.1, 0.15) is 0 Å². The van der Waals surface area contributed by atoms with Gasteiger partial charge in [0.2, 0.25) is 0 Å². The Labute approximate surface area is 175 Å². The molecule has 2 aromatic heterocycles. The predicted octanol–water partition coefficient (Wildman–Crippen LogP) is 1.89. The minimum atomic E-state index is -0.648. The van der Waals surface area contributed by atoms with Crippen LogP contribution in [0.5, 0.6) is 0 Å². The van der Waals surface area contributed by atoms with Crippen molar-refractivity contribution in [3.8, 4) is 0 Å². The standard InChI is InChI=1S/C21H30N4O5/c1-7-9-25-17-16(18(26)23-21(25)29)14(10-15(22-17)12(3)4)19(27)24(8-2)11-13(5)20(28)30-6/h10,12-13H,7-9,11H2,1-6H3,(H,23,26,29). The normalized spacial score (nSPS) is 12.2. The Hall–Kier alpha value is -2.97. The number of H-pyrrole nitrogens is 1. The highest BCUT2D eigenvalue weighted by molar-refractivity contribution is 6.05. The maximum absolute atomic E-state index is 13.4. The molecule has 2 heterocycles. The zero-order chi connectivity index (χ0) is 22.6. The Morgan fingerprint density at radius 3 is 2.43 bits per heavy atom. The molecule has 0 saturated heterocycles. The first-order valence-electron chi connectivity index (χ1n) is 10.2. The molecular formula is C21H30N4O5. The van der Waals surface area contributed by atoms with E-state index in [0.717, 1.165) is 0 Å². The van der Waals surface area contributed by atoms with Crippen molar-refractivity contribution in [3.05, 3.63) is 38.2 Å². The number of carbonyl (C=O) groups is 2. The van der Waals surface area contributed by atoms with Gasteiger partial charge in [-0.2, -0.15) is 0 Å². The molecule has 1 amide bonds. The van der Waals surface area contributed by atoms with Crippen molar-refractivity contribution in [1.82, 2.24) is 19.4 Å². The number of esters is 1. The molecule has 2 rings (SSSR count). The number of amides is 1. The number of aromatic amines is 1. The molecule has 164 valence electrons. The molecule has 0 aliphatic heterocycles. The summed E-state index contributed by atoms with van der Waals surface area (Å²) in [6.07, 6.45) is 0.662. The summed E-state index contributed by atoms with van der Waals surface area (Å²) >= 11 is 0. The second-order valence-electron chi connectivity index (χ2n) is 7.63. The maximum atomic E-state index is 13.4. The average molecular weight is 418 g/mol. The Bertz CT molecular complexity index is 1050. The monoisotopic (exact) mass is 418 g/mol. The zero-order valence-electron chi connectivity index (χ0n) is 18.4. The van der Waals surface area contributed by atoms with Gasteiger partial charge in [-0.15, -0.1) is 0 Å². The molecule has 0 bridgehead atoms. The summed E-state index contributed by atoms with van der Waals surface area (Å²) in [4.78, 5) is 58.7. The number of ether oxygens (including phenoxy) is 1. The highest BCUT2D eigenvalue weighted by Crippen LogP contribution is 2.21.